The lowest BCUT2D eigenvalue weighted by molar-refractivity contribution is 0.306. The van der Waals surface area contributed by atoms with Crippen LogP contribution in [-0.2, 0) is 0 Å². The highest BCUT2D eigenvalue weighted by Crippen LogP contribution is 2.33. The molecule has 0 saturated heterocycles. The molecule has 2 heterocycles. The number of hydrogen-bond donors (Lipinski definition) is 0. The number of rotatable bonds is 8. The van der Waals surface area contributed by atoms with Crippen LogP contribution in [0.1, 0.15) is 16.7 Å². The molecule has 37 heavy (non-hydrogen) atoms. The Kier molecular flexibility index (Phi) is 7.51. The van der Waals surface area contributed by atoms with E-state index < -0.39 is 15.1 Å². The fraction of sp³-hybridized carbons (Fsp3) is 0.0968. The number of hydrogen-bond acceptors (Lipinski definition) is 5. The first-order valence-electron chi connectivity index (χ1n) is 12.2. The number of pyridine rings is 2. The van der Waals surface area contributed by atoms with E-state index in [2.05, 4.69) is 29.0 Å². The Morgan fingerprint density at radius 3 is 1.46 bits per heavy atom. The standard InChI is InChI=1S/2C11H9NO.C9H12O.Al/c2*13-11-7-2-1-5-9(11)10-6-3-4-8-12-10;1-6-4-7(2)9(10)8(3)5-6;/h2*1-8,13H;4-5,10H,1-3H3;/q;;;+3/p-3. The summed E-state index contributed by atoms with van der Waals surface area (Å²) < 4.78 is 19.7. The first-order chi connectivity index (χ1) is 18.1. The first-order valence-corrected chi connectivity index (χ1v) is 13.6. The van der Waals surface area contributed by atoms with Gasteiger partial charge in [-0.15, -0.1) is 0 Å². The molecule has 0 unspecified atom stereocenters. The number of aryl methyl sites for hydroxylation is 3. The highest BCUT2D eigenvalue weighted by Gasteiger charge is 2.46. The zero-order valence-corrected chi connectivity index (χ0v) is 22.2. The number of aromatic nitrogens is 2. The molecule has 0 N–H and O–H groups in total. The van der Waals surface area contributed by atoms with Crippen molar-refractivity contribution in [1.29, 1.82) is 0 Å². The maximum atomic E-state index is 6.57. The normalized spacial score (nSPS) is 10.6. The van der Waals surface area contributed by atoms with Gasteiger partial charge in [-0.3, -0.25) is 9.97 Å². The monoisotopic (exact) mass is 502 g/mol. The summed E-state index contributed by atoms with van der Waals surface area (Å²) in [6.45, 7) is 6.17. The van der Waals surface area contributed by atoms with Crippen molar-refractivity contribution in [3.8, 4) is 39.8 Å². The molecule has 3 aromatic carbocycles. The van der Waals surface area contributed by atoms with Gasteiger partial charge in [0.05, 0.1) is 28.6 Å². The van der Waals surface area contributed by atoms with Gasteiger partial charge in [0.1, 0.15) is 0 Å². The SMILES string of the molecule is Cc1cc(C)c([O][Al]([O]c2ccccc2-c2ccccn2)[O]c2ccccc2-c2ccccn2)c(C)c1. The Morgan fingerprint density at radius 1 is 0.541 bits per heavy atom. The third kappa shape index (κ3) is 5.83. The number of benzene rings is 3. The van der Waals surface area contributed by atoms with Crippen molar-refractivity contribution in [3.63, 3.8) is 0 Å². The summed E-state index contributed by atoms with van der Waals surface area (Å²) in [4.78, 5) is 9.04. The second kappa shape index (κ2) is 11.3. The van der Waals surface area contributed by atoms with Gasteiger partial charge in [-0.1, -0.05) is 54.1 Å². The van der Waals surface area contributed by atoms with Gasteiger partial charge < -0.3 is 11.4 Å². The lowest BCUT2D eigenvalue weighted by atomic mass is 10.1. The van der Waals surface area contributed by atoms with Crippen molar-refractivity contribution in [2.75, 3.05) is 0 Å². The summed E-state index contributed by atoms with van der Waals surface area (Å²) in [6, 6.07) is 31.5. The third-order valence-corrected chi connectivity index (χ3v) is 7.24. The predicted octanol–water partition coefficient (Wildman–Crippen LogP) is 7.26. The van der Waals surface area contributed by atoms with Crippen molar-refractivity contribution >= 4 is 15.1 Å². The third-order valence-electron chi connectivity index (χ3n) is 5.92. The van der Waals surface area contributed by atoms with E-state index in [1.165, 1.54) is 5.56 Å². The zero-order valence-electron chi connectivity index (χ0n) is 21.1. The minimum Gasteiger partial charge on any atom is -0.577 e. The molecule has 0 aliphatic heterocycles. The molecule has 0 atom stereocenters. The Bertz CT molecular complexity index is 1390. The molecule has 5 nitrogen and oxygen atoms in total. The van der Waals surface area contributed by atoms with Crippen LogP contribution in [0.3, 0.4) is 0 Å². The van der Waals surface area contributed by atoms with Crippen LogP contribution in [0.25, 0.3) is 22.5 Å². The number of nitrogens with zero attached hydrogens (tertiary/aromatic N) is 2. The van der Waals surface area contributed by atoms with Crippen LogP contribution in [-0.4, -0.2) is 25.1 Å². The summed E-state index contributed by atoms with van der Waals surface area (Å²) in [5.74, 6) is 2.11. The van der Waals surface area contributed by atoms with E-state index in [9.17, 15) is 0 Å². The quantitative estimate of drug-likeness (QED) is 0.209. The van der Waals surface area contributed by atoms with Crippen LogP contribution in [0.2, 0.25) is 0 Å². The maximum Gasteiger partial charge on any atom is 1.20 e. The van der Waals surface area contributed by atoms with Crippen molar-refractivity contribution in [2.45, 2.75) is 20.8 Å². The second-order valence-corrected chi connectivity index (χ2v) is 10.1. The maximum absolute atomic E-state index is 6.57. The van der Waals surface area contributed by atoms with E-state index in [4.69, 9.17) is 11.4 Å². The van der Waals surface area contributed by atoms with Gasteiger partial charge in [-0.05, 0) is 80.4 Å². The summed E-state index contributed by atoms with van der Waals surface area (Å²) in [5, 5.41) is 0. The van der Waals surface area contributed by atoms with Crippen LogP contribution in [0.5, 0.6) is 17.2 Å². The molecule has 0 saturated carbocycles. The molecule has 0 amide bonds. The van der Waals surface area contributed by atoms with E-state index in [0.29, 0.717) is 11.5 Å². The van der Waals surface area contributed by atoms with E-state index >= 15 is 0 Å². The Hall–Kier alpha value is -4.11. The molecule has 5 aromatic rings. The van der Waals surface area contributed by atoms with Gasteiger partial charge in [0.2, 0.25) is 0 Å². The molecule has 0 aliphatic rings. The largest absolute Gasteiger partial charge is 1.20 e. The van der Waals surface area contributed by atoms with Gasteiger partial charge in [-0.25, -0.2) is 0 Å². The Labute approximate surface area is 222 Å². The summed E-state index contributed by atoms with van der Waals surface area (Å²) in [7, 11) is 0. The van der Waals surface area contributed by atoms with Crippen LogP contribution >= 0.6 is 0 Å². The van der Waals surface area contributed by atoms with Crippen LogP contribution in [0.15, 0.2) is 109 Å². The van der Waals surface area contributed by atoms with Gasteiger partial charge in [0.15, 0.2) is 0 Å². The van der Waals surface area contributed by atoms with Gasteiger partial charge >= 0.3 is 15.1 Å². The molecule has 6 heteroatoms. The topological polar surface area (TPSA) is 53.5 Å². The van der Waals surface area contributed by atoms with Gasteiger partial charge in [-0.2, -0.15) is 0 Å². The van der Waals surface area contributed by atoms with Gasteiger partial charge in [0.25, 0.3) is 0 Å². The average molecular weight is 503 g/mol. The summed E-state index contributed by atoms with van der Waals surface area (Å²) >= 11 is -2.84. The highest BCUT2D eigenvalue weighted by molar-refractivity contribution is 6.40. The molecule has 5 rings (SSSR count). The van der Waals surface area contributed by atoms with E-state index in [1.54, 1.807) is 12.4 Å². The number of para-hydroxylation sites is 2. The lowest BCUT2D eigenvalue weighted by Gasteiger charge is -2.21. The molecule has 0 aliphatic carbocycles. The molecule has 0 fully saturated rings. The smallest absolute Gasteiger partial charge is 0.577 e. The summed E-state index contributed by atoms with van der Waals surface area (Å²) in [6.07, 6.45) is 3.55. The van der Waals surface area contributed by atoms with Crippen molar-refractivity contribution < 1.29 is 11.4 Å². The lowest BCUT2D eigenvalue weighted by Crippen LogP contribution is -2.37. The fourth-order valence-electron chi connectivity index (χ4n) is 4.33. The van der Waals surface area contributed by atoms with Crippen molar-refractivity contribution in [1.82, 2.24) is 9.97 Å². The zero-order chi connectivity index (χ0) is 25.6. The Balaban J connectivity index is 1.54. The van der Waals surface area contributed by atoms with Crippen LogP contribution in [0, 0.1) is 20.8 Å². The van der Waals surface area contributed by atoms with Crippen molar-refractivity contribution in [3.05, 3.63) is 126 Å². The summed E-state index contributed by atoms with van der Waals surface area (Å²) in [5.41, 5.74) is 6.66. The molecule has 2 aromatic heterocycles. The van der Waals surface area contributed by atoms with Crippen LogP contribution < -0.4 is 11.4 Å². The Morgan fingerprint density at radius 2 is 1.00 bits per heavy atom. The molecule has 0 bridgehead atoms. The highest BCUT2D eigenvalue weighted by atomic mass is 27.3. The first kappa shape index (κ1) is 24.6. The fourth-order valence-corrected chi connectivity index (χ4v) is 5.87. The molecular formula is C31H27AlN2O3. The molecule has 182 valence electrons. The van der Waals surface area contributed by atoms with E-state index in [0.717, 1.165) is 39.4 Å². The van der Waals surface area contributed by atoms with Crippen LogP contribution in [0.4, 0.5) is 0 Å². The minimum absolute atomic E-state index is 0.663. The van der Waals surface area contributed by atoms with Gasteiger partial charge in [0, 0.05) is 23.5 Å². The molecule has 0 radical (unpaired) electrons. The van der Waals surface area contributed by atoms with E-state index in [-0.39, 0.29) is 0 Å². The average Bonchev–Trinajstić information content (AvgIpc) is 2.92. The van der Waals surface area contributed by atoms with Crippen molar-refractivity contribution in [2.24, 2.45) is 0 Å². The molecular weight excluding hydrogens is 475 g/mol. The second-order valence-electron chi connectivity index (χ2n) is 8.79. The predicted molar refractivity (Wildman–Crippen MR) is 148 cm³/mol. The van der Waals surface area contributed by atoms with E-state index in [1.807, 2.05) is 98.8 Å². The molecule has 0 spiro atoms. The minimum atomic E-state index is -2.84.